The van der Waals surface area contributed by atoms with Crippen molar-refractivity contribution < 1.29 is 0 Å². The second kappa shape index (κ2) is 4.80. The molecule has 108 valence electrons. The minimum absolute atomic E-state index is 0.604. The maximum absolute atomic E-state index is 4.68. The molecule has 4 aromatic rings. The Morgan fingerprint density at radius 1 is 1.00 bits per heavy atom. The van der Waals surface area contributed by atoms with Crippen molar-refractivity contribution in [3.63, 3.8) is 0 Å². The average Bonchev–Trinajstić information content (AvgIpc) is 3.03. The van der Waals surface area contributed by atoms with Crippen LogP contribution < -0.4 is 4.90 Å². The molecular formula is C17H15N5. The molecule has 2 heterocycles. The van der Waals surface area contributed by atoms with Gasteiger partial charge >= 0.3 is 0 Å². The molecule has 22 heavy (non-hydrogen) atoms. The van der Waals surface area contributed by atoms with E-state index in [0.29, 0.717) is 5.78 Å². The Hall–Kier alpha value is -2.95. The van der Waals surface area contributed by atoms with Gasteiger partial charge < -0.3 is 4.90 Å². The van der Waals surface area contributed by atoms with Gasteiger partial charge in [-0.3, -0.25) is 4.40 Å². The number of hydrogen-bond acceptors (Lipinski definition) is 4. The molecule has 5 heteroatoms. The van der Waals surface area contributed by atoms with Crippen LogP contribution >= 0.6 is 0 Å². The number of para-hydroxylation sites is 1. The van der Waals surface area contributed by atoms with Crippen molar-refractivity contribution >= 4 is 28.2 Å². The van der Waals surface area contributed by atoms with E-state index < -0.39 is 0 Å². The van der Waals surface area contributed by atoms with E-state index in [9.17, 15) is 0 Å². The minimum atomic E-state index is 0.604. The number of aromatic nitrogens is 4. The number of aryl methyl sites for hydroxylation is 1. The van der Waals surface area contributed by atoms with Crippen molar-refractivity contribution in [1.82, 2.24) is 19.6 Å². The molecule has 0 amide bonds. The van der Waals surface area contributed by atoms with Crippen LogP contribution in [0.5, 0.6) is 0 Å². The lowest BCUT2D eigenvalue weighted by atomic mass is 10.2. The fraction of sp³-hybridized carbons (Fsp3) is 0.118. The molecule has 5 nitrogen and oxygen atoms in total. The molecule has 0 bridgehead atoms. The Labute approximate surface area is 127 Å². The number of anilines is 2. The number of nitrogens with zero attached hydrogens (tertiary/aromatic N) is 5. The van der Waals surface area contributed by atoms with Gasteiger partial charge in [0.2, 0.25) is 0 Å². The monoisotopic (exact) mass is 289 g/mol. The molecule has 0 aliphatic carbocycles. The summed E-state index contributed by atoms with van der Waals surface area (Å²) in [7, 11) is 2.02. The zero-order valence-electron chi connectivity index (χ0n) is 12.4. The summed E-state index contributed by atoms with van der Waals surface area (Å²) in [5.41, 5.74) is 3.38. The molecule has 0 atom stereocenters. The predicted molar refractivity (Wildman–Crippen MR) is 87.5 cm³/mol. The third-order valence-electron chi connectivity index (χ3n) is 3.88. The number of fused-ring (bicyclic) bond motifs is 3. The van der Waals surface area contributed by atoms with Gasteiger partial charge in [0.1, 0.15) is 12.1 Å². The first-order valence-corrected chi connectivity index (χ1v) is 7.13. The quantitative estimate of drug-likeness (QED) is 0.567. The third kappa shape index (κ3) is 1.90. The van der Waals surface area contributed by atoms with Crippen LogP contribution in [0.15, 0.2) is 54.9 Å². The summed E-state index contributed by atoms with van der Waals surface area (Å²) in [5.74, 6) is 1.48. The lowest BCUT2D eigenvalue weighted by Gasteiger charge is -2.20. The summed E-state index contributed by atoms with van der Waals surface area (Å²) in [6.45, 7) is 2.08. The Balaban J connectivity index is 1.97. The highest BCUT2D eigenvalue weighted by atomic mass is 15.3. The molecule has 0 fully saturated rings. The summed E-state index contributed by atoms with van der Waals surface area (Å²) >= 11 is 0. The summed E-state index contributed by atoms with van der Waals surface area (Å²) in [6.07, 6.45) is 1.69. The highest BCUT2D eigenvalue weighted by Gasteiger charge is 2.13. The van der Waals surface area contributed by atoms with Crippen molar-refractivity contribution in [2.75, 3.05) is 11.9 Å². The van der Waals surface area contributed by atoms with Gasteiger partial charge in [0.15, 0.2) is 0 Å². The van der Waals surface area contributed by atoms with Crippen molar-refractivity contribution in [2.24, 2.45) is 0 Å². The van der Waals surface area contributed by atoms with Crippen LogP contribution in [0.1, 0.15) is 5.56 Å². The number of benzene rings is 2. The van der Waals surface area contributed by atoms with Gasteiger partial charge in [-0.15, -0.1) is 10.2 Å². The first-order valence-electron chi connectivity index (χ1n) is 7.13. The van der Waals surface area contributed by atoms with Crippen LogP contribution in [-0.4, -0.2) is 26.6 Å². The van der Waals surface area contributed by atoms with Crippen molar-refractivity contribution in [3.8, 4) is 0 Å². The highest BCUT2D eigenvalue weighted by molar-refractivity contribution is 5.93. The van der Waals surface area contributed by atoms with E-state index in [2.05, 4.69) is 63.4 Å². The van der Waals surface area contributed by atoms with Crippen LogP contribution in [0.25, 0.3) is 16.7 Å². The standard InChI is InChI=1S/C17H15N5/c1-12-7-9-13(10-8-12)21(2)16-14-5-3-4-6-15(14)22-11-18-20-17(22)19-16/h3-11H,1-2H3. The third-order valence-corrected chi connectivity index (χ3v) is 3.88. The lowest BCUT2D eigenvalue weighted by Crippen LogP contribution is -2.12. The van der Waals surface area contributed by atoms with Gasteiger partial charge in [-0.05, 0) is 31.2 Å². The number of hydrogen-bond donors (Lipinski definition) is 0. The molecule has 0 radical (unpaired) electrons. The molecular weight excluding hydrogens is 274 g/mol. The van der Waals surface area contributed by atoms with Gasteiger partial charge in [0, 0.05) is 18.1 Å². The molecule has 0 spiro atoms. The maximum atomic E-state index is 4.68. The Morgan fingerprint density at radius 2 is 1.77 bits per heavy atom. The summed E-state index contributed by atoms with van der Waals surface area (Å²) in [5, 5.41) is 9.13. The molecule has 0 saturated carbocycles. The van der Waals surface area contributed by atoms with E-state index in [0.717, 1.165) is 22.4 Å². The molecule has 0 N–H and O–H groups in total. The zero-order chi connectivity index (χ0) is 15.1. The second-order valence-corrected chi connectivity index (χ2v) is 5.35. The van der Waals surface area contributed by atoms with E-state index in [1.807, 2.05) is 23.6 Å². The molecule has 0 saturated heterocycles. The van der Waals surface area contributed by atoms with Crippen molar-refractivity contribution in [1.29, 1.82) is 0 Å². The van der Waals surface area contributed by atoms with Gasteiger partial charge in [-0.1, -0.05) is 29.8 Å². The highest BCUT2D eigenvalue weighted by Crippen LogP contribution is 2.29. The fourth-order valence-electron chi connectivity index (χ4n) is 2.65. The number of rotatable bonds is 2. The zero-order valence-corrected chi connectivity index (χ0v) is 12.4. The van der Waals surface area contributed by atoms with Crippen molar-refractivity contribution in [2.45, 2.75) is 6.92 Å². The smallest absolute Gasteiger partial charge is 0.257 e. The van der Waals surface area contributed by atoms with E-state index in [1.165, 1.54) is 5.56 Å². The van der Waals surface area contributed by atoms with Crippen molar-refractivity contribution in [3.05, 3.63) is 60.4 Å². The van der Waals surface area contributed by atoms with E-state index in [1.54, 1.807) is 6.33 Å². The predicted octanol–water partition coefficient (Wildman–Crippen LogP) is 3.35. The summed E-state index contributed by atoms with van der Waals surface area (Å²) in [4.78, 5) is 6.76. The van der Waals surface area contributed by atoms with Crippen LogP contribution in [-0.2, 0) is 0 Å². The van der Waals surface area contributed by atoms with Crippen LogP contribution in [0.2, 0.25) is 0 Å². The SMILES string of the molecule is Cc1ccc(N(C)c2nc3nncn3c3ccccc23)cc1. The Morgan fingerprint density at radius 3 is 2.59 bits per heavy atom. The fourth-order valence-corrected chi connectivity index (χ4v) is 2.65. The molecule has 4 rings (SSSR count). The second-order valence-electron chi connectivity index (χ2n) is 5.35. The normalized spacial score (nSPS) is 11.2. The topological polar surface area (TPSA) is 46.3 Å². The van der Waals surface area contributed by atoms with Gasteiger partial charge in [-0.2, -0.15) is 4.98 Å². The maximum Gasteiger partial charge on any atom is 0.257 e. The van der Waals surface area contributed by atoms with E-state index in [-0.39, 0.29) is 0 Å². The average molecular weight is 289 g/mol. The van der Waals surface area contributed by atoms with Crippen LogP contribution in [0, 0.1) is 6.92 Å². The molecule has 2 aromatic heterocycles. The molecule has 0 aliphatic rings. The van der Waals surface area contributed by atoms with E-state index in [4.69, 9.17) is 0 Å². The van der Waals surface area contributed by atoms with Crippen LogP contribution in [0.3, 0.4) is 0 Å². The van der Waals surface area contributed by atoms with E-state index >= 15 is 0 Å². The molecule has 2 aromatic carbocycles. The Bertz CT molecular complexity index is 956. The summed E-state index contributed by atoms with van der Waals surface area (Å²) < 4.78 is 1.90. The Kier molecular flexibility index (Phi) is 2.79. The largest absolute Gasteiger partial charge is 0.329 e. The first-order chi connectivity index (χ1) is 10.7. The van der Waals surface area contributed by atoms with Gasteiger partial charge in [-0.25, -0.2) is 0 Å². The van der Waals surface area contributed by atoms with Gasteiger partial charge in [0.25, 0.3) is 5.78 Å². The van der Waals surface area contributed by atoms with Crippen LogP contribution in [0.4, 0.5) is 11.5 Å². The lowest BCUT2D eigenvalue weighted by molar-refractivity contribution is 1.08. The molecule has 0 aliphatic heterocycles. The molecule has 0 unspecified atom stereocenters. The minimum Gasteiger partial charge on any atom is -0.329 e. The van der Waals surface area contributed by atoms with Gasteiger partial charge in [0.05, 0.1) is 5.52 Å². The summed E-state index contributed by atoms with van der Waals surface area (Å²) in [6, 6.07) is 16.6. The first kappa shape index (κ1) is 12.8.